The number of carbonyl (C=O) groups excluding carboxylic acids is 1. The molecule has 0 unspecified atom stereocenters. The van der Waals surface area contributed by atoms with Crippen LogP contribution in [0, 0.1) is 6.92 Å². The summed E-state index contributed by atoms with van der Waals surface area (Å²) in [4.78, 5) is 11.8. The van der Waals surface area contributed by atoms with Gasteiger partial charge in [-0.05, 0) is 31.2 Å². The van der Waals surface area contributed by atoms with Gasteiger partial charge in [-0.2, -0.15) is 0 Å². The van der Waals surface area contributed by atoms with Gasteiger partial charge in [-0.25, -0.2) is 0 Å². The van der Waals surface area contributed by atoms with Crippen LogP contribution in [0.1, 0.15) is 16.1 Å². The zero-order valence-corrected chi connectivity index (χ0v) is 11.2. The van der Waals surface area contributed by atoms with Gasteiger partial charge < -0.3 is 14.6 Å². The molecule has 0 fully saturated rings. The predicted octanol–water partition coefficient (Wildman–Crippen LogP) is 2.14. The molecule has 0 radical (unpaired) electrons. The zero-order chi connectivity index (χ0) is 13.7. The summed E-state index contributed by atoms with van der Waals surface area (Å²) in [5, 5.41) is 2.82. The number of nitrogens with zero attached hydrogens (tertiary/aromatic N) is 1. The highest BCUT2D eigenvalue weighted by Crippen LogP contribution is 2.10. The molecule has 0 aliphatic heterocycles. The highest BCUT2D eigenvalue weighted by molar-refractivity contribution is 5.92. The Balaban J connectivity index is 1.74. The average molecular weight is 258 g/mol. The van der Waals surface area contributed by atoms with Crippen molar-refractivity contribution in [3.8, 4) is 5.75 Å². The molecule has 0 atom stereocenters. The molecule has 1 aromatic heterocycles. The molecule has 0 saturated heterocycles. The fraction of sp³-hybridized carbons (Fsp3) is 0.267. The molecule has 1 heterocycles. The van der Waals surface area contributed by atoms with Crippen LogP contribution in [0.2, 0.25) is 0 Å². The van der Waals surface area contributed by atoms with Crippen LogP contribution in [0.25, 0.3) is 0 Å². The number of ether oxygens (including phenoxy) is 1. The second-order valence-electron chi connectivity index (χ2n) is 4.42. The first kappa shape index (κ1) is 13.2. The third-order valence-electron chi connectivity index (χ3n) is 2.85. The number of nitrogens with one attached hydrogen (secondary N) is 1. The van der Waals surface area contributed by atoms with E-state index in [9.17, 15) is 4.79 Å². The molecule has 0 bridgehead atoms. The smallest absolute Gasteiger partial charge is 0.268 e. The molecule has 100 valence electrons. The van der Waals surface area contributed by atoms with Gasteiger partial charge >= 0.3 is 0 Å². The number of amides is 1. The number of benzene rings is 1. The van der Waals surface area contributed by atoms with Crippen molar-refractivity contribution in [3.05, 3.63) is 53.9 Å². The Hall–Kier alpha value is -2.23. The Morgan fingerprint density at radius 2 is 2.00 bits per heavy atom. The normalized spacial score (nSPS) is 10.2. The lowest BCUT2D eigenvalue weighted by Gasteiger charge is -2.08. The minimum atomic E-state index is -0.0833. The molecule has 0 saturated carbocycles. The third-order valence-corrected chi connectivity index (χ3v) is 2.85. The molecular formula is C15H18N2O2. The van der Waals surface area contributed by atoms with Gasteiger partial charge in [-0.15, -0.1) is 0 Å². The summed E-state index contributed by atoms with van der Waals surface area (Å²) in [6.45, 7) is 2.97. The fourth-order valence-corrected chi connectivity index (χ4v) is 1.76. The van der Waals surface area contributed by atoms with Crippen molar-refractivity contribution in [2.24, 2.45) is 7.05 Å². The lowest BCUT2D eigenvalue weighted by atomic mass is 10.2. The van der Waals surface area contributed by atoms with Gasteiger partial charge in [-0.1, -0.05) is 17.7 Å². The number of aromatic nitrogens is 1. The van der Waals surface area contributed by atoms with E-state index in [2.05, 4.69) is 5.32 Å². The summed E-state index contributed by atoms with van der Waals surface area (Å²) in [5.41, 5.74) is 1.85. The molecule has 1 aromatic carbocycles. The van der Waals surface area contributed by atoms with Crippen LogP contribution in [0.5, 0.6) is 5.75 Å². The molecule has 4 nitrogen and oxygen atoms in total. The first-order chi connectivity index (χ1) is 9.16. The standard InChI is InChI=1S/C15H18N2O2/c1-12-5-7-13(8-6-12)19-11-9-16-15(18)14-4-3-10-17(14)2/h3-8,10H,9,11H2,1-2H3,(H,16,18). The summed E-state index contributed by atoms with van der Waals surface area (Å²) in [6, 6.07) is 11.5. The van der Waals surface area contributed by atoms with Gasteiger partial charge in [0.15, 0.2) is 0 Å². The zero-order valence-electron chi connectivity index (χ0n) is 11.2. The Morgan fingerprint density at radius 1 is 1.26 bits per heavy atom. The van der Waals surface area contributed by atoms with Gasteiger partial charge in [0.25, 0.3) is 5.91 Å². The van der Waals surface area contributed by atoms with E-state index in [1.807, 2.05) is 50.5 Å². The van der Waals surface area contributed by atoms with Crippen molar-refractivity contribution < 1.29 is 9.53 Å². The Bertz CT molecular complexity index is 544. The maximum Gasteiger partial charge on any atom is 0.268 e. The second kappa shape index (κ2) is 6.09. The number of rotatable bonds is 5. The van der Waals surface area contributed by atoms with E-state index in [1.165, 1.54) is 5.56 Å². The summed E-state index contributed by atoms with van der Waals surface area (Å²) in [6.07, 6.45) is 1.84. The number of carbonyl (C=O) groups is 1. The third kappa shape index (κ3) is 3.61. The minimum absolute atomic E-state index is 0.0833. The van der Waals surface area contributed by atoms with Crippen molar-refractivity contribution in [1.82, 2.24) is 9.88 Å². The summed E-state index contributed by atoms with van der Waals surface area (Å²) in [5.74, 6) is 0.735. The van der Waals surface area contributed by atoms with Crippen LogP contribution in [-0.4, -0.2) is 23.6 Å². The van der Waals surface area contributed by atoms with Crippen LogP contribution < -0.4 is 10.1 Å². The van der Waals surface area contributed by atoms with E-state index < -0.39 is 0 Å². The molecule has 1 N–H and O–H groups in total. The molecular weight excluding hydrogens is 240 g/mol. The van der Waals surface area contributed by atoms with E-state index in [4.69, 9.17) is 4.74 Å². The van der Waals surface area contributed by atoms with Crippen LogP contribution in [-0.2, 0) is 7.05 Å². The van der Waals surface area contributed by atoms with E-state index in [-0.39, 0.29) is 5.91 Å². The maximum atomic E-state index is 11.8. The van der Waals surface area contributed by atoms with Crippen molar-refractivity contribution in [1.29, 1.82) is 0 Å². The van der Waals surface area contributed by atoms with Crippen molar-refractivity contribution in [2.75, 3.05) is 13.2 Å². The van der Waals surface area contributed by atoms with E-state index >= 15 is 0 Å². The van der Waals surface area contributed by atoms with Crippen LogP contribution in [0.15, 0.2) is 42.6 Å². The number of hydrogen-bond donors (Lipinski definition) is 1. The molecule has 0 aliphatic rings. The second-order valence-corrected chi connectivity index (χ2v) is 4.42. The van der Waals surface area contributed by atoms with Crippen molar-refractivity contribution >= 4 is 5.91 Å². The van der Waals surface area contributed by atoms with Gasteiger partial charge in [0.1, 0.15) is 18.1 Å². The van der Waals surface area contributed by atoms with E-state index in [0.717, 1.165) is 5.75 Å². The Labute approximate surface area is 113 Å². The Morgan fingerprint density at radius 3 is 2.63 bits per heavy atom. The van der Waals surface area contributed by atoms with Crippen molar-refractivity contribution in [3.63, 3.8) is 0 Å². The molecule has 1 amide bonds. The summed E-state index contributed by atoms with van der Waals surface area (Å²) >= 11 is 0. The quantitative estimate of drug-likeness (QED) is 0.835. The largest absolute Gasteiger partial charge is 0.492 e. The van der Waals surface area contributed by atoms with Crippen LogP contribution >= 0.6 is 0 Å². The molecule has 2 rings (SSSR count). The van der Waals surface area contributed by atoms with Crippen LogP contribution in [0.4, 0.5) is 0 Å². The molecule has 2 aromatic rings. The monoisotopic (exact) mass is 258 g/mol. The first-order valence-corrected chi connectivity index (χ1v) is 6.26. The Kier molecular flexibility index (Phi) is 4.23. The minimum Gasteiger partial charge on any atom is -0.492 e. The van der Waals surface area contributed by atoms with E-state index in [0.29, 0.717) is 18.8 Å². The maximum absolute atomic E-state index is 11.8. The summed E-state index contributed by atoms with van der Waals surface area (Å²) in [7, 11) is 1.84. The molecule has 4 heteroatoms. The fourth-order valence-electron chi connectivity index (χ4n) is 1.76. The SMILES string of the molecule is Cc1ccc(OCCNC(=O)c2cccn2C)cc1. The molecule has 0 spiro atoms. The van der Waals surface area contributed by atoms with Gasteiger partial charge in [0.2, 0.25) is 0 Å². The first-order valence-electron chi connectivity index (χ1n) is 6.26. The van der Waals surface area contributed by atoms with Crippen LogP contribution in [0.3, 0.4) is 0 Å². The summed E-state index contributed by atoms with van der Waals surface area (Å²) < 4.78 is 7.33. The van der Waals surface area contributed by atoms with Gasteiger partial charge in [0, 0.05) is 13.2 Å². The molecule has 19 heavy (non-hydrogen) atoms. The topological polar surface area (TPSA) is 43.3 Å². The lowest BCUT2D eigenvalue weighted by Crippen LogP contribution is -2.29. The highest BCUT2D eigenvalue weighted by Gasteiger charge is 2.07. The lowest BCUT2D eigenvalue weighted by molar-refractivity contribution is 0.0939. The molecule has 0 aliphatic carbocycles. The van der Waals surface area contributed by atoms with E-state index in [1.54, 1.807) is 10.6 Å². The number of hydrogen-bond acceptors (Lipinski definition) is 2. The highest BCUT2D eigenvalue weighted by atomic mass is 16.5. The van der Waals surface area contributed by atoms with Gasteiger partial charge in [0.05, 0.1) is 6.54 Å². The van der Waals surface area contributed by atoms with Crippen molar-refractivity contribution in [2.45, 2.75) is 6.92 Å². The number of aryl methyl sites for hydroxylation is 2. The average Bonchev–Trinajstić information content (AvgIpc) is 2.83. The predicted molar refractivity (Wildman–Crippen MR) is 74.4 cm³/mol. The van der Waals surface area contributed by atoms with Gasteiger partial charge in [-0.3, -0.25) is 4.79 Å².